The molecule has 0 unspecified atom stereocenters. The second kappa shape index (κ2) is 7.66. The van der Waals surface area contributed by atoms with E-state index in [4.69, 9.17) is 10.5 Å². The Labute approximate surface area is 123 Å². The highest BCUT2D eigenvalue weighted by atomic mass is 35.5. The van der Waals surface area contributed by atoms with Crippen LogP contribution in [0, 0.1) is 10.1 Å². The maximum Gasteiger partial charge on any atom is 0.273 e. The normalized spacial score (nSPS) is 10.3. The van der Waals surface area contributed by atoms with Gasteiger partial charge in [-0.2, -0.15) is 0 Å². The largest absolute Gasteiger partial charge is 0.484 e. The molecule has 0 aromatic heterocycles. The molecule has 0 saturated heterocycles. The highest BCUT2D eigenvalue weighted by Gasteiger charge is 2.18. The van der Waals surface area contributed by atoms with E-state index in [2.05, 4.69) is 5.32 Å². The number of benzene rings is 1. The molecule has 20 heavy (non-hydrogen) atoms. The SMILES string of the molecule is CC(C)(CN)NC(=O)COc1cccc([N+](=O)[O-])c1.Cl. The first-order chi connectivity index (χ1) is 8.84. The van der Waals surface area contributed by atoms with Gasteiger partial charge in [0.25, 0.3) is 11.6 Å². The number of amides is 1. The fourth-order valence-corrected chi connectivity index (χ4v) is 1.30. The topological polar surface area (TPSA) is 107 Å². The van der Waals surface area contributed by atoms with E-state index in [0.717, 1.165) is 0 Å². The Morgan fingerprint density at radius 1 is 1.50 bits per heavy atom. The summed E-state index contributed by atoms with van der Waals surface area (Å²) < 4.78 is 5.19. The first kappa shape index (κ1) is 18.1. The van der Waals surface area contributed by atoms with E-state index >= 15 is 0 Å². The van der Waals surface area contributed by atoms with Crippen LogP contribution in [-0.2, 0) is 4.79 Å². The summed E-state index contributed by atoms with van der Waals surface area (Å²) in [7, 11) is 0. The molecule has 0 aliphatic heterocycles. The zero-order valence-corrected chi connectivity index (χ0v) is 12.1. The summed E-state index contributed by atoms with van der Waals surface area (Å²) in [5.41, 5.74) is 4.89. The van der Waals surface area contributed by atoms with E-state index in [1.807, 2.05) is 0 Å². The lowest BCUT2D eigenvalue weighted by Gasteiger charge is -2.24. The summed E-state index contributed by atoms with van der Waals surface area (Å²) >= 11 is 0. The Bertz CT molecular complexity index is 480. The molecule has 0 bridgehead atoms. The molecule has 1 rings (SSSR count). The van der Waals surface area contributed by atoms with Crippen LogP contribution in [0.2, 0.25) is 0 Å². The van der Waals surface area contributed by atoms with Gasteiger partial charge in [0, 0.05) is 18.2 Å². The van der Waals surface area contributed by atoms with Crippen LogP contribution >= 0.6 is 12.4 Å². The Morgan fingerprint density at radius 3 is 2.70 bits per heavy atom. The van der Waals surface area contributed by atoms with Crippen molar-refractivity contribution >= 4 is 24.0 Å². The zero-order valence-electron chi connectivity index (χ0n) is 11.3. The van der Waals surface area contributed by atoms with Gasteiger partial charge in [-0.05, 0) is 19.9 Å². The number of nitrogens with zero attached hydrogens (tertiary/aromatic N) is 1. The molecule has 8 heteroatoms. The lowest BCUT2D eigenvalue weighted by atomic mass is 10.1. The molecule has 0 saturated carbocycles. The molecule has 1 aromatic carbocycles. The molecule has 1 amide bonds. The smallest absolute Gasteiger partial charge is 0.273 e. The van der Waals surface area contributed by atoms with Crippen molar-refractivity contribution in [2.45, 2.75) is 19.4 Å². The molecule has 0 atom stereocenters. The fourth-order valence-electron chi connectivity index (χ4n) is 1.30. The number of rotatable bonds is 6. The van der Waals surface area contributed by atoms with Gasteiger partial charge in [-0.25, -0.2) is 0 Å². The van der Waals surface area contributed by atoms with Crippen LogP contribution in [0.25, 0.3) is 0 Å². The average Bonchev–Trinajstić information content (AvgIpc) is 2.36. The fraction of sp³-hybridized carbons (Fsp3) is 0.417. The van der Waals surface area contributed by atoms with Crippen LogP contribution in [0.3, 0.4) is 0 Å². The number of halogens is 1. The molecule has 7 nitrogen and oxygen atoms in total. The lowest BCUT2D eigenvalue weighted by Crippen LogP contribution is -2.50. The first-order valence-electron chi connectivity index (χ1n) is 5.72. The summed E-state index contributed by atoms with van der Waals surface area (Å²) in [6, 6.07) is 5.66. The summed E-state index contributed by atoms with van der Waals surface area (Å²) in [5, 5.41) is 13.3. The summed E-state index contributed by atoms with van der Waals surface area (Å²) in [6.07, 6.45) is 0. The van der Waals surface area contributed by atoms with Crippen molar-refractivity contribution in [1.29, 1.82) is 0 Å². The lowest BCUT2D eigenvalue weighted by molar-refractivity contribution is -0.384. The van der Waals surface area contributed by atoms with Crippen molar-refractivity contribution in [3.8, 4) is 5.75 Å². The number of nitrogens with two attached hydrogens (primary N) is 1. The van der Waals surface area contributed by atoms with Gasteiger partial charge in [-0.15, -0.1) is 12.4 Å². The third-order valence-corrected chi connectivity index (χ3v) is 2.39. The van der Waals surface area contributed by atoms with E-state index in [1.54, 1.807) is 19.9 Å². The number of hydrogen-bond donors (Lipinski definition) is 2. The Balaban J connectivity index is 0.00000361. The van der Waals surface area contributed by atoms with Crippen molar-refractivity contribution in [3.63, 3.8) is 0 Å². The van der Waals surface area contributed by atoms with E-state index in [9.17, 15) is 14.9 Å². The molecule has 3 N–H and O–H groups in total. The van der Waals surface area contributed by atoms with Gasteiger partial charge in [0.2, 0.25) is 0 Å². The van der Waals surface area contributed by atoms with Crippen LogP contribution < -0.4 is 15.8 Å². The van der Waals surface area contributed by atoms with E-state index in [1.165, 1.54) is 18.2 Å². The Morgan fingerprint density at radius 2 is 2.15 bits per heavy atom. The Hall–Kier alpha value is -1.86. The minimum atomic E-state index is -0.523. The number of nitro benzene ring substituents is 1. The van der Waals surface area contributed by atoms with Crippen LogP contribution in [0.4, 0.5) is 5.69 Å². The standard InChI is InChI=1S/C12H17N3O4.ClH/c1-12(2,8-13)14-11(16)7-19-10-5-3-4-9(6-10)15(17)18;/h3-6H,7-8,13H2,1-2H3,(H,14,16);1H. The number of nitro groups is 1. The van der Waals surface area contributed by atoms with E-state index in [-0.39, 0.29) is 36.4 Å². The van der Waals surface area contributed by atoms with Crippen LogP contribution in [0.15, 0.2) is 24.3 Å². The minimum absolute atomic E-state index is 0. The molecule has 1 aromatic rings. The number of non-ortho nitro benzene ring substituents is 1. The average molecular weight is 304 g/mol. The van der Waals surface area contributed by atoms with Gasteiger partial charge < -0.3 is 15.8 Å². The minimum Gasteiger partial charge on any atom is -0.484 e. The van der Waals surface area contributed by atoms with E-state index in [0.29, 0.717) is 6.54 Å². The molecule has 0 spiro atoms. The van der Waals surface area contributed by atoms with Gasteiger partial charge in [-0.3, -0.25) is 14.9 Å². The van der Waals surface area contributed by atoms with Gasteiger partial charge in [0.1, 0.15) is 5.75 Å². The van der Waals surface area contributed by atoms with Crippen LogP contribution in [0.5, 0.6) is 5.75 Å². The third kappa shape index (κ3) is 5.85. The van der Waals surface area contributed by atoms with Gasteiger partial charge in [-0.1, -0.05) is 6.07 Å². The summed E-state index contributed by atoms with van der Waals surface area (Å²) in [5.74, 6) is -0.0585. The quantitative estimate of drug-likeness (QED) is 0.607. The second-order valence-electron chi connectivity index (χ2n) is 4.68. The monoisotopic (exact) mass is 303 g/mol. The highest BCUT2D eigenvalue weighted by Crippen LogP contribution is 2.18. The molecule has 0 aliphatic carbocycles. The summed E-state index contributed by atoms with van der Waals surface area (Å²) in [4.78, 5) is 21.6. The van der Waals surface area contributed by atoms with Crippen molar-refractivity contribution in [3.05, 3.63) is 34.4 Å². The van der Waals surface area contributed by atoms with Crippen LogP contribution in [-0.4, -0.2) is 29.5 Å². The molecule has 112 valence electrons. The van der Waals surface area contributed by atoms with Gasteiger partial charge >= 0.3 is 0 Å². The van der Waals surface area contributed by atoms with Crippen molar-refractivity contribution in [2.24, 2.45) is 5.73 Å². The number of nitrogens with one attached hydrogen (secondary N) is 1. The number of ether oxygens (including phenoxy) is 1. The molecular weight excluding hydrogens is 286 g/mol. The maximum absolute atomic E-state index is 11.6. The summed E-state index contributed by atoms with van der Waals surface area (Å²) in [6.45, 7) is 3.66. The van der Waals surface area contributed by atoms with Gasteiger partial charge in [0.15, 0.2) is 6.61 Å². The van der Waals surface area contributed by atoms with Crippen LogP contribution in [0.1, 0.15) is 13.8 Å². The number of hydrogen-bond acceptors (Lipinski definition) is 5. The van der Waals surface area contributed by atoms with Gasteiger partial charge in [0.05, 0.1) is 11.0 Å². The predicted octanol–water partition coefficient (Wildman–Crippen LogP) is 1.25. The van der Waals surface area contributed by atoms with Crippen molar-refractivity contribution in [2.75, 3.05) is 13.2 Å². The third-order valence-electron chi connectivity index (χ3n) is 2.39. The Kier molecular flexibility index (Phi) is 6.95. The second-order valence-corrected chi connectivity index (χ2v) is 4.68. The maximum atomic E-state index is 11.6. The molecule has 0 heterocycles. The molecule has 0 fully saturated rings. The molecular formula is C12H18ClN3O4. The number of carbonyl (C=O) groups excluding carboxylic acids is 1. The zero-order chi connectivity index (χ0) is 14.5. The highest BCUT2D eigenvalue weighted by molar-refractivity contribution is 5.85. The van der Waals surface area contributed by atoms with Crippen molar-refractivity contribution in [1.82, 2.24) is 5.32 Å². The predicted molar refractivity (Wildman–Crippen MR) is 77.1 cm³/mol. The van der Waals surface area contributed by atoms with Crippen molar-refractivity contribution < 1.29 is 14.5 Å². The number of carbonyl (C=O) groups is 1. The molecule has 0 aliphatic rings. The van der Waals surface area contributed by atoms with E-state index < -0.39 is 10.5 Å². The first-order valence-corrected chi connectivity index (χ1v) is 5.72. The molecule has 0 radical (unpaired) electrons.